The molecule has 0 radical (unpaired) electrons. The number of nitrogens with one attached hydrogen (secondary N) is 1. The third kappa shape index (κ3) is 16.4. The van der Waals surface area contributed by atoms with E-state index in [0.29, 0.717) is 39.5 Å². The summed E-state index contributed by atoms with van der Waals surface area (Å²) in [7, 11) is 0. The van der Waals surface area contributed by atoms with Gasteiger partial charge in [0.15, 0.2) is 0 Å². The molecule has 1 amide bonds. The summed E-state index contributed by atoms with van der Waals surface area (Å²) in [6.45, 7) is 8.38. The molecule has 0 aromatic heterocycles. The van der Waals surface area contributed by atoms with E-state index >= 15 is 0 Å². The predicted octanol–water partition coefficient (Wildman–Crippen LogP) is 2.63. The largest absolute Gasteiger partial charge is 0.444 e. The molecule has 0 bridgehead atoms. The van der Waals surface area contributed by atoms with Crippen LogP contribution in [0.4, 0.5) is 4.79 Å². The third-order valence-corrected chi connectivity index (χ3v) is 2.15. The zero-order valence-electron chi connectivity index (χ0n) is 13.1. The molecule has 0 aliphatic rings. The fourth-order valence-corrected chi connectivity index (χ4v) is 1.29. The van der Waals surface area contributed by atoms with Crippen LogP contribution in [0.2, 0.25) is 0 Å². The van der Waals surface area contributed by atoms with Gasteiger partial charge < -0.3 is 19.5 Å². The van der Waals surface area contributed by atoms with E-state index in [1.807, 2.05) is 20.8 Å². The normalized spacial score (nSPS) is 10.8. The van der Waals surface area contributed by atoms with E-state index in [1.54, 1.807) is 0 Å². The molecule has 1 N–H and O–H groups in total. The van der Waals surface area contributed by atoms with Crippen LogP contribution in [0, 0.1) is 0 Å². The Morgan fingerprint density at radius 1 is 1.14 bits per heavy atom. The minimum absolute atomic E-state index is 0.404. The number of unbranched alkanes of at least 4 members (excludes halogenated alkanes) is 1. The van der Waals surface area contributed by atoms with Gasteiger partial charge in [-0.25, -0.2) is 4.79 Å². The van der Waals surface area contributed by atoms with E-state index in [1.165, 1.54) is 0 Å². The van der Waals surface area contributed by atoms with Gasteiger partial charge in [0.2, 0.25) is 0 Å². The molecule has 8 heteroatoms. The lowest BCUT2D eigenvalue weighted by Gasteiger charge is -2.19. The topological polar surface area (TPSA) is 106 Å². The number of amides is 1. The molecular formula is C13H26N4O4. The molecule has 0 saturated heterocycles. The lowest BCUT2D eigenvalue weighted by atomic mass is 10.2. The van der Waals surface area contributed by atoms with Gasteiger partial charge in [0.25, 0.3) is 0 Å². The van der Waals surface area contributed by atoms with E-state index in [4.69, 9.17) is 19.7 Å². The van der Waals surface area contributed by atoms with Crippen LogP contribution < -0.4 is 5.32 Å². The van der Waals surface area contributed by atoms with Crippen molar-refractivity contribution in [2.75, 3.05) is 39.5 Å². The monoisotopic (exact) mass is 302 g/mol. The molecule has 0 fully saturated rings. The second kappa shape index (κ2) is 12.3. The van der Waals surface area contributed by atoms with Gasteiger partial charge in [-0.1, -0.05) is 5.11 Å². The van der Waals surface area contributed by atoms with E-state index in [2.05, 4.69) is 15.3 Å². The number of ether oxygens (including phenoxy) is 3. The Kier molecular flexibility index (Phi) is 11.4. The summed E-state index contributed by atoms with van der Waals surface area (Å²) in [6, 6.07) is 0. The molecule has 21 heavy (non-hydrogen) atoms. The first kappa shape index (κ1) is 19.5. The maximum atomic E-state index is 11.3. The van der Waals surface area contributed by atoms with Gasteiger partial charge >= 0.3 is 6.09 Å². The van der Waals surface area contributed by atoms with Crippen LogP contribution >= 0.6 is 0 Å². The van der Waals surface area contributed by atoms with Crippen molar-refractivity contribution < 1.29 is 19.0 Å². The number of hydrogen-bond donors (Lipinski definition) is 1. The third-order valence-electron chi connectivity index (χ3n) is 2.15. The molecule has 0 atom stereocenters. The average Bonchev–Trinajstić information content (AvgIpc) is 2.38. The van der Waals surface area contributed by atoms with Crippen LogP contribution in [0.3, 0.4) is 0 Å². The highest BCUT2D eigenvalue weighted by molar-refractivity contribution is 5.67. The van der Waals surface area contributed by atoms with Gasteiger partial charge in [-0.05, 0) is 39.1 Å². The molecule has 0 heterocycles. The van der Waals surface area contributed by atoms with Crippen LogP contribution in [-0.4, -0.2) is 51.2 Å². The Labute approximate surface area is 125 Å². The number of alkyl carbamates (subject to hydrolysis) is 1. The highest BCUT2D eigenvalue weighted by atomic mass is 16.6. The summed E-state index contributed by atoms with van der Waals surface area (Å²) >= 11 is 0. The van der Waals surface area contributed by atoms with Crippen LogP contribution in [0.15, 0.2) is 5.11 Å². The molecule has 0 aliphatic carbocycles. The summed E-state index contributed by atoms with van der Waals surface area (Å²) in [5.41, 5.74) is 7.59. The van der Waals surface area contributed by atoms with Gasteiger partial charge in [-0.15, -0.1) is 0 Å². The minimum atomic E-state index is -0.489. The van der Waals surface area contributed by atoms with E-state index in [9.17, 15) is 4.79 Å². The van der Waals surface area contributed by atoms with Crippen molar-refractivity contribution in [3.05, 3.63) is 10.4 Å². The Balaban J connectivity index is 3.22. The standard InChI is InChI=1S/C13H26N4O4/c1-13(2,3)21-12(18)15-7-9-20-11-10-19-8-5-4-6-16-17-14/h4-11H2,1-3H3,(H,15,18). The predicted molar refractivity (Wildman–Crippen MR) is 79.1 cm³/mol. The summed E-state index contributed by atoms with van der Waals surface area (Å²) in [5, 5.41) is 6.03. The van der Waals surface area contributed by atoms with Gasteiger partial charge in [-0.3, -0.25) is 0 Å². The van der Waals surface area contributed by atoms with Crippen molar-refractivity contribution in [2.24, 2.45) is 5.11 Å². The summed E-state index contributed by atoms with van der Waals surface area (Å²) < 4.78 is 15.7. The maximum Gasteiger partial charge on any atom is 0.407 e. The zero-order chi connectivity index (χ0) is 16.0. The van der Waals surface area contributed by atoms with E-state index in [-0.39, 0.29) is 0 Å². The van der Waals surface area contributed by atoms with Crippen molar-refractivity contribution in [3.8, 4) is 0 Å². The number of carbonyl (C=O) groups is 1. The molecule has 0 rings (SSSR count). The molecule has 0 saturated carbocycles. The van der Waals surface area contributed by atoms with Gasteiger partial charge in [-0.2, -0.15) is 0 Å². The molecule has 122 valence electrons. The lowest BCUT2D eigenvalue weighted by Crippen LogP contribution is -2.34. The molecule has 0 aromatic rings. The Morgan fingerprint density at radius 3 is 2.43 bits per heavy atom. The van der Waals surface area contributed by atoms with Crippen LogP contribution in [0.5, 0.6) is 0 Å². The second-order valence-electron chi connectivity index (χ2n) is 5.31. The second-order valence-corrected chi connectivity index (χ2v) is 5.31. The first-order valence-corrected chi connectivity index (χ1v) is 7.09. The Hall–Kier alpha value is -1.50. The van der Waals surface area contributed by atoms with E-state index < -0.39 is 11.7 Å². The Bertz CT molecular complexity index is 325. The first-order valence-electron chi connectivity index (χ1n) is 7.09. The molecule has 0 aromatic carbocycles. The minimum Gasteiger partial charge on any atom is -0.444 e. The van der Waals surface area contributed by atoms with Crippen molar-refractivity contribution in [2.45, 2.75) is 39.2 Å². The smallest absolute Gasteiger partial charge is 0.407 e. The van der Waals surface area contributed by atoms with Crippen molar-refractivity contribution >= 4 is 6.09 Å². The van der Waals surface area contributed by atoms with Crippen molar-refractivity contribution in [3.63, 3.8) is 0 Å². The van der Waals surface area contributed by atoms with E-state index in [0.717, 1.165) is 12.8 Å². The van der Waals surface area contributed by atoms with Crippen LogP contribution in [0.25, 0.3) is 10.4 Å². The molecular weight excluding hydrogens is 276 g/mol. The quantitative estimate of drug-likeness (QED) is 0.274. The number of azide groups is 1. The lowest BCUT2D eigenvalue weighted by molar-refractivity contribution is 0.0392. The van der Waals surface area contributed by atoms with Crippen LogP contribution in [-0.2, 0) is 14.2 Å². The number of rotatable bonds is 11. The van der Waals surface area contributed by atoms with Gasteiger partial charge in [0, 0.05) is 24.6 Å². The molecule has 0 unspecified atom stereocenters. The molecule has 8 nitrogen and oxygen atoms in total. The summed E-state index contributed by atoms with van der Waals surface area (Å²) in [6.07, 6.45) is 1.24. The number of nitrogens with zero attached hydrogens (tertiary/aromatic N) is 3. The SMILES string of the molecule is CC(C)(C)OC(=O)NCCOCCOCCCCN=[N+]=[N-]. The molecule has 0 spiro atoms. The maximum absolute atomic E-state index is 11.3. The van der Waals surface area contributed by atoms with Gasteiger partial charge in [0.05, 0.1) is 19.8 Å². The Morgan fingerprint density at radius 2 is 1.81 bits per heavy atom. The molecule has 0 aliphatic heterocycles. The fourth-order valence-electron chi connectivity index (χ4n) is 1.29. The summed E-state index contributed by atoms with van der Waals surface area (Å²) in [4.78, 5) is 14.0. The summed E-state index contributed by atoms with van der Waals surface area (Å²) in [5.74, 6) is 0. The number of hydrogen-bond acceptors (Lipinski definition) is 5. The zero-order valence-corrected chi connectivity index (χ0v) is 13.1. The highest BCUT2D eigenvalue weighted by Gasteiger charge is 2.15. The van der Waals surface area contributed by atoms with Crippen LogP contribution in [0.1, 0.15) is 33.6 Å². The van der Waals surface area contributed by atoms with Crippen molar-refractivity contribution in [1.82, 2.24) is 5.32 Å². The highest BCUT2D eigenvalue weighted by Crippen LogP contribution is 2.05. The van der Waals surface area contributed by atoms with Gasteiger partial charge in [0.1, 0.15) is 5.60 Å². The average molecular weight is 302 g/mol. The number of carbonyl (C=O) groups excluding carboxylic acids is 1. The van der Waals surface area contributed by atoms with Crippen molar-refractivity contribution in [1.29, 1.82) is 0 Å². The first-order chi connectivity index (χ1) is 9.95. The fraction of sp³-hybridized carbons (Fsp3) is 0.923.